The molecule has 4 rings (SSSR count). The van der Waals surface area contributed by atoms with E-state index >= 15 is 0 Å². The molecule has 4 heterocycles. The zero-order valence-electron chi connectivity index (χ0n) is 18.8. The Morgan fingerprint density at radius 3 is 2.58 bits per heavy atom. The highest BCUT2D eigenvalue weighted by Gasteiger charge is 2.41. The topological polar surface area (TPSA) is 94.5 Å². The number of rotatable bonds is 7. The number of fused-ring (bicyclic) bond motifs is 1. The lowest BCUT2D eigenvalue weighted by molar-refractivity contribution is -0.198. The molecule has 2 N–H and O–H groups in total. The molecular weight excluding hydrogens is 435 g/mol. The number of hydrogen-bond acceptors (Lipinski definition) is 7. The van der Waals surface area contributed by atoms with Crippen LogP contribution in [0.1, 0.15) is 55.8 Å². The molecule has 3 aromatic rings. The molecule has 1 fully saturated rings. The zero-order chi connectivity index (χ0) is 23.6. The first-order chi connectivity index (χ1) is 15.8. The third-order valence-electron chi connectivity index (χ3n) is 5.75. The highest BCUT2D eigenvalue weighted by Crippen LogP contribution is 2.28. The first-order valence-corrected chi connectivity index (χ1v) is 11.2. The van der Waals surface area contributed by atoms with Crippen LogP contribution in [0.4, 0.5) is 24.8 Å². The third-order valence-corrected chi connectivity index (χ3v) is 5.75. The van der Waals surface area contributed by atoms with Crippen molar-refractivity contribution in [3.8, 4) is 6.01 Å². The van der Waals surface area contributed by atoms with E-state index in [4.69, 9.17) is 10.5 Å². The Bertz CT molecular complexity index is 1110. The number of nitrogen functional groups attached to an aromatic ring is 1. The fourth-order valence-electron chi connectivity index (χ4n) is 4.15. The Balaban J connectivity index is 1.59. The minimum absolute atomic E-state index is 0.0431. The number of piperidine rings is 1. The summed E-state index contributed by atoms with van der Waals surface area (Å²) < 4.78 is 46.3. The maximum Gasteiger partial charge on any atom is 0.425 e. The van der Waals surface area contributed by atoms with E-state index in [1.165, 1.54) is 23.8 Å². The van der Waals surface area contributed by atoms with Crippen molar-refractivity contribution in [3.05, 3.63) is 35.3 Å². The van der Waals surface area contributed by atoms with Crippen LogP contribution < -0.4 is 15.4 Å². The quantitative estimate of drug-likeness (QED) is 0.564. The van der Waals surface area contributed by atoms with Gasteiger partial charge in [0.1, 0.15) is 5.82 Å². The Labute approximate surface area is 190 Å². The predicted octanol–water partition coefficient (Wildman–Crippen LogP) is 4.10. The predicted molar refractivity (Wildman–Crippen MR) is 118 cm³/mol. The summed E-state index contributed by atoms with van der Waals surface area (Å²) in [6.07, 6.45) is 1.01. The van der Waals surface area contributed by atoms with Crippen molar-refractivity contribution in [2.24, 2.45) is 0 Å². The number of halogens is 3. The number of hydrogen-bond donors (Lipinski definition) is 1. The highest BCUT2D eigenvalue weighted by molar-refractivity contribution is 5.60. The number of anilines is 2. The summed E-state index contributed by atoms with van der Waals surface area (Å²) in [4.78, 5) is 15.1. The van der Waals surface area contributed by atoms with Crippen LogP contribution in [0.2, 0.25) is 0 Å². The Morgan fingerprint density at radius 2 is 1.91 bits per heavy atom. The molecule has 1 atom stereocenters. The summed E-state index contributed by atoms with van der Waals surface area (Å²) in [6.45, 7) is 5.71. The molecule has 1 unspecified atom stereocenters. The lowest BCUT2D eigenvalue weighted by Gasteiger charge is -2.29. The molecule has 1 aliphatic rings. The standard InChI is InChI=1S/C22H28F3N7O/c1-3-7-17(22(23,24)25)33-21-29-18(26)20-28-13-16(32(20)30-21)11-15-10-14(2)19(27-12-15)31-8-5-4-6-9-31/h10,12-13,17H,3-9,11H2,1-2H3,(H2,26,29,30). The first-order valence-electron chi connectivity index (χ1n) is 11.2. The molecule has 0 amide bonds. The third kappa shape index (κ3) is 5.12. The second-order valence-electron chi connectivity index (χ2n) is 8.41. The van der Waals surface area contributed by atoms with Crippen molar-refractivity contribution in [1.82, 2.24) is 24.6 Å². The zero-order valence-corrected chi connectivity index (χ0v) is 18.8. The number of aryl methyl sites for hydroxylation is 1. The van der Waals surface area contributed by atoms with Gasteiger partial charge in [0, 0.05) is 25.7 Å². The lowest BCUT2D eigenvalue weighted by atomic mass is 10.1. The fourth-order valence-corrected chi connectivity index (χ4v) is 4.15. The van der Waals surface area contributed by atoms with Crippen LogP contribution in [0.3, 0.4) is 0 Å². The van der Waals surface area contributed by atoms with Gasteiger partial charge in [0.15, 0.2) is 17.6 Å². The van der Waals surface area contributed by atoms with Crippen molar-refractivity contribution in [3.63, 3.8) is 0 Å². The van der Waals surface area contributed by atoms with E-state index < -0.39 is 18.3 Å². The van der Waals surface area contributed by atoms with E-state index in [2.05, 4.69) is 31.0 Å². The van der Waals surface area contributed by atoms with E-state index in [1.54, 1.807) is 13.1 Å². The Morgan fingerprint density at radius 1 is 1.15 bits per heavy atom. The molecule has 11 heteroatoms. The summed E-state index contributed by atoms with van der Waals surface area (Å²) in [5, 5.41) is 4.15. The van der Waals surface area contributed by atoms with Gasteiger partial charge in [-0.15, -0.1) is 5.10 Å². The van der Waals surface area contributed by atoms with E-state index in [1.807, 2.05) is 13.1 Å². The van der Waals surface area contributed by atoms with Gasteiger partial charge in [-0.05, 0) is 43.7 Å². The molecule has 33 heavy (non-hydrogen) atoms. The summed E-state index contributed by atoms with van der Waals surface area (Å²) in [5.41, 5.74) is 8.87. The van der Waals surface area contributed by atoms with Crippen LogP contribution in [0.15, 0.2) is 18.5 Å². The van der Waals surface area contributed by atoms with Gasteiger partial charge in [0.2, 0.25) is 0 Å². The van der Waals surface area contributed by atoms with E-state index in [-0.39, 0.29) is 17.9 Å². The largest absolute Gasteiger partial charge is 0.449 e. The maximum absolute atomic E-state index is 13.3. The smallest absolute Gasteiger partial charge is 0.425 e. The Hall–Kier alpha value is -3.11. The van der Waals surface area contributed by atoms with Gasteiger partial charge < -0.3 is 15.4 Å². The van der Waals surface area contributed by atoms with Gasteiger partial charge in [-0.3, -0.25) is 0 Å². The van der Waals surface area contributed by atoms with E-state index in [0.29, 0.717) is 18.5 Å². The van der Waals surface area contributed by atoms with Crippen molar-refractivity contribution in [1.29, 1.82) is 0 Å². The van der Waals surface area contributed by atoms with Crippen LogP contribution >= 0.6 is 0 Å². The monoisotopic (exact) mass is 463 g/mol. The SMILES string of the molecule is CCCC(Oc1nc(N)c2ncc(Cc3cnc(N4CCCCC4)c(C)c3)n2n1)C(F)(F)F. The summed E-state index contributed by atoms with van der Waals surface area (Å²) in [5.74, 6) is 0.950. The van der Waals surface area contributed by atoms with Crippen molar-refractivity contribution < 1.29 is 17.9 Å². The molecule has 0 saturated carbocycles. The number of nitrogens with two attached hydrogens (primary N) is 1. The molecule has 0 bridgehead atoms. The molecule has 3 aromatic heterocycles. The van der Waals surface area contributed by atoms with Gasteiger partial charge in [-0.1, -0.05) is 19.4 Å². The molecule has 0 aromatic carbocycles. The molecule has 0 radical (unpaired) electrons. The molecule has 1 aliphatic heterocycles. The second kappa shape index (κ2) is 9.40. The van der Waals surface area contributed by atoms with Gasteiger partial charge in [-0.2, -0.15) is 18.2 Å². The van der Waals surface area contributed by atoms with Crippen LogP contribution in [0, 0.1) is 6.92 Å². The number of pyridine rings is 1. The highest BCUT2D eigenvalue weighted by atomic mass is 19.4. The van der Waals surface area contributed by atoms with Crippen LogP contribution in [0.5, 0.6) is 6.01 Å². The summed E-state index contributed by atoms with van der Waals surface area (Å²) in [6, 6.07) is 1.64. The molecule has 8 nitrogen and oxygen atoms in total. The first kappa shape index (κ1) is 23.1. The van der Waals surface area contributed by atoms with Crippen molar-refractivity contribution in [2.45, 2.75) is 64.7 Å². The summed E-state index contributed by atoms with van der Waals surface area (Å²) >= 11 is 0. The molecule has 0 aliphatic carbocycles. The Kier molecular flexibility index (Phi) is 6.57. The van der Waals surface area contributed by atoms with E-state index in [0.717, 1.165) is 30.0 Å². The van der Waals surface area contributed by atoms with Crippen molar-refractivity contribution >= 4 is 17.3 Å². The summed E-state index contributed by atoms with van der Waals surface area (Å²) in [7, 11) is 0. The molecular formula is C22H28F3N7O. The van der Waals surface area contributed by atoms with Gasteiger partial charge in [0.05, 0.1) is 11.9 Å². The number of nitrogens with zero attached hydrogens (tertiary/aromatic N) is 6. The lowest BCUT2D eigenvalue weighted by Crippen LogP contribution is -2.35. The second-order valence-corrected chi connectivity index (χ2v) is 8.41. The van der Waals surface area contributed by atoms with Gasteiger partial charge in [-0.25, -0.2) is 14.5 Å². The minimum atomic E-state index is -4.53. The number of ether oxygens (including phenoxy) is 1. The fraction of sp³-hybridized carbons (Fsp3) is 0.545. The number of aromatic nitrogens is 5. The maximum atomic E-state index is 13.3. The molecule has 178 valence electrons. The van der Waals surface area contributed by atoms with Crippen LogP contribution in [-0.2, 0) is 6.42 Å². The van der Waals surface area contributed by atoms with Crippen molar-refractivity contribution in [2.75, 3.05) is 23.7 Å². The van der Waals surface area contributed by atoms with Crippen LogP contribution in [-0.4, -0.2) is 49.9 Å². The normalized spacial score (nSPS) is 15.7. The van der Waals surface area contributed by atoms with Gasteiger partial charge in [0.25, 0.3) is 0 Å². The molecule has 1 saturated heterocycles. The average Bonchev–Trinajstić information content (AvgIpc) is 3.17. The number of imidazole rings is 1. The van der Waals surface area contributed by atoms with E-state index in [9.17, 15) is 13.2 Å². The average molecular weight is 464 g/mol. The van der Waals surface area contributed by atoms with Crippen LogP contribution in [0.25, 0.3) is 5.65 Å². The molecule has 0 spiro atoms. The van der Waals surface area contributed by atoms with Gasteiger partial charge >= 0.3 is 12.2 Å². The number of alkyl halides is 3. The minimum Gasteiger partial charge on any atom is -0.449 e.